The van der Waals surface area contributed by atoms with Crippen LogP contribution in [-0.4, -0.2) is 49.7 Å². The first-order valence-electron chi connectivity index (χ1n) is 9.01. The zero-order valence-electron chi connectivity index (χ0n) is 14.9. The quantitative estimate of drug-likeness (QED) is 0.892. The Morgan fingerprint density at radius 2 is 2.08 bits per heavy atom. The molecule has 0 aliphatic carbocycles. The Balaban J connectivity index is 1.64. The van der Waals surface area contributed by atoms with Crippen LogP contribution in [0.15, 0.2) is 30.3 Å². The molecule has 1 aromatic heterocycles. The van der Waals surface area contributed by atoms with Gasteiger partial charge in [0.25, 0.3) is 0 Å². The minimum atomic E-state index is 0.339. The fourth-order valence-corrected chi connectivity index (χ4v) is 3.94. The summed E-state index contributed by atoms with van der Waals surface area (Å²) in [4.78, 5) is 13.4. The molecule has 0 spiro atoms. The van der Waals surface area contributed by atoms with Crippen molar-refractivity contribution in [3.63, 3.8) is 0 Å². The highest BCUT2D eigenvalue weighted by Gasteiger charge is 2.35. The van der Waals surface area contributed by atoms with E-state index in [0.29, 0.717) is 17.9 Å². The second-order valence-electron chi connectivity index (χ2n) is 7.28. The van der Waals surface area contributed by atoms with Gasteiger partial charge in [0.15, 0.2) is 0 Å². The van der Waals surface area contributed by atoms with Crippen molar-refractivity contribution in [1.29, 1.82) is 0 Å². The van der Waals surface area contributed by atoms with Crippen LogP contribution in [0.1, 0.15) is 12.8 Å². The Labute approximate surface area is 149 Å². The molecule has 25 heavy (non-hydrogen) atoms. The fraction of sp³-hybridized carbons (Fsp3) is 0.474. The number of anilines is 3. The Bertz CT molecular complexity index is 745. The molecule has 2 aliphatic rings. The molecular weight excluding hydrogens is 312 g/mol. The van der Waals surface area contributed by atoms with Crippen LogP contribution in [0.5, 0.6) is 0 Å². The number of rotatable bonds is 3. The lowest BCUT2D eigenvalue weighted by Gasteiger charge is -2.24. The third kappa shape index (κ3) is 3.26. The first kappa shape index (κ1) is 16.1. The number of fused-ring (bicyclic) bond motifs is 1. The monoisotopic (exact) mass is 338 g/mol. The van der Waals surface area contributed by atoms with Gasteiger partial charge in [0, 0.05) is 50.5 Å². The van der Waals surface area contributed by atoms with E-state index in [9.17, 15) is 0 Å². The molecule has 2 aliphatic heterocycles. The van der Waals surface area contributed by atoms with Crippen molar-refractivity contribution in [2.45, 2.75) is 18.9 Å². The summed E-state index contributed by atoms with van der Waals surface area (Å²) in [6.45, 7) is 3.17. The van der Waals surface area contributed by atoms with E-state index in [-0.39, 0.29) is 0 Å². The minimum Gasteiger partial charge on any atom is -0.378 e. The van der Waals surface area contributed by atoms with Gasteiger partial charge in [-0.05, 0) is 37.4 Å². The summed E-state index contributed by atoms with van der Waals surface area (Å²) in [7, 11) is 4.08. The van der Waals surface area contributed by atoms with Gasteiger partial charge >= 0.3 is 0 Å². The number of nitrogens with two attached hydrogens (primary N) is 1. The van der Waals surface area contributed by atoms with Crippen molar-refractivity contribution in [3.05, 3.63) is 30.3 Å². The van der Waals surface area contributed by atoms with Crippen LogP contribution in [0, 0.1) is 5.92 Å². The van der Waals surface area contributed by atoms with Crippen LogP contribution in [0.3, 0.4) is 0 Å². The Morgan fingerprint density at radius 1 is 1.20 bits per heavy atom. The SMILES string of the molecule is CN(C)c1cccc(-c2cc(N3CC4NCCC[C@@H]4C3)nc(N)n2)c1. The smallest absolute Gasteiger partial charge is 0.222 e. The van der Waals surface area contributed by atoms with E-state index < -0.39 is 0 Å². The molecule has 0 amide bonds. The molecule has 1 unspecified atom stereocenters. The van der Waals surface area contributed by atoms with Crippen molar-refractivity contribution in [2.75, 3.05) is 49.3 Å². The summed E-state index contributed by atoms with van der Waals surface area (Å²) in [5.74, 6) is 1.99. The standard InChI is InChI=1S/C19H26N6/c1-24(2)15-7-3-5-13(9-15)16-10-18(23-19(20)22-16)25-11-14-6-4-8-21-17(14)12-25/h3,5,7,9-10,14,17,21H,4,6,8,11-12H2,1-2H3,(H2,20,22,23)/t14-,17?/m1/s1. The lowest BCUT2D eigenvalue weighted by molar-refractivity contribution is 0.340. The van der Waals surface area contributed by atoms with Gasteiger partial charge in [0.2, 0.25) is 5.95 Å². The summed E-state index contributed by atoms with van der Waals surface area (Å²) in [5, 5.41) is 3.64. The van der Waals surface area contributed by atoms with Gasteiger partial charge in [-0.2, -0.15) is 4.98 Å². The van der Waals surface area contributed by atoms with Gasteiger partial charge in [-0.15, -0.1) is 0 Å². The molecule has 6 nitrogen and oxygen atoms in total. The first-order chi connectivity index (χ1) is 12.1. The number of nitrogens with zero attached hydrogens (tertiary/aromatic N) is 4. The number of hydrogen-bond donors (Lipinski definition) is 2. The number of aromatic nitrogens is 2. The van der Waals surface area contributed by atoms with Crippen LogP contribution in [0.25, 0.3) is 11.3 Å². The maximum absolute atomic E-state index is 6.03. The van der Waals surface area contributed by atoms with Crippen LogP contribution in [0.4, 0.5) is 17.5 Å². The molecule has 2 saturated heterocycles. The summed E-state index contributed by atoms with van der Waals surface area (Å²) in [6.07, 6.45) is 2.57. The molecule has 0 bridgehead atoms. The summed E-state index contributed by atoms with van der Waals surface area (Å²) < 4.78 is 0. The number of piperidine rings is 1. The summed E-state index contributed by atoms with van der Waals surface area (Å²) in [6, 6.07) is 11.0. The van der Waals surface area contributed by atoms with Gasteiger partial charge < -0.3 is 20.9 Å². The van der Waals surface area contributed by atoms with Crippen molar-refractivity contribution in [1.82, 2.24) is 15.3 Å². The van der Waals surface area contributed by atoms with Crippen LogP contribution in [0.2, 0.25) is 0 Å². The van der Waals surface area contributed by atoms with Crippen molar-refractivity contribution < 1.29 is 0 Å². The van der Waals surface area contributed by atoms with E-state index in [1.54, 1.807) is 0 Å². The normalized spacial score (nSPS) is 22.7. The maximum Gasteiger partial charge on any atom is 0.222 e. The van der Waals surface area contributed by atoms with Crippen molar-refractivity contribution in [2.24, 2.45) is 5.92 Å². The third-order valence-electron chi connectivity index (χ3n) is 5.31. The third-order valence-corrected chi connectivity index (χ3v) is 5.31. The van der Waals surface area contributed by atoms with Crippen LogP contribution in [-0.2, 0) is 0 Å². The molecule has 4 rings (SSSR count). The largest absolute Gasteiger partial charge is 0.378 e. The predicted octanol–water partition coefficient (Wildman–Crippen LogP) is 1.98. The highest BCUT2D eigenvalue weighted by molar-refractivity contribution is 5.69. The molecule has 2 aromatic rings. The molecular formula is C19H26N6. The average Bonchev–Trinajstić information content (AvgIpc) is 3.05. The number of nitrogens with one attached hydrogen (secondary N) is 1. The zero-order valence-corrected chi connectivity index (χ0v) is 14.9. The zero-order chi connectivity index (χ0) is 17.4. The number of benzene rings is 1. The Kier molecular flexibility index (Phi) is 4.21. The van der Waals surface area contributed by atoms with Gasteiger partial charge in [0.1, 0.15) is 5.82 Å². The molecule has 6 heteroatoms. The summed E-state index contributed by atoms with van der Waals surface area (Å²) in [5.41, 5.74) is 9.13. The molecule has 1 aromatic carbocycles. The minimum absolute atomic E-state index is 0.339. The maximum atomic E-state index is 6.03. The van der Waals surface area contributed by atoms with E-state index in [2.05, 4.69) is 55.4 Å². The average molecular weight is 338 g/mol. The molecule has 132 valence electrons. The molecule has 0 saturated carbocycles. The Morgan fingerprint density at radius 3 is 2.88 bits per heavy atom. The van der Waals surface area contributed by atoms with E-state index in [4.69, 9.17) is 5.73 Å². The first-order valence-corrected chi connectivity index (χ1v) is 9.01. The van der Waals surface area contributed by atoms with Gasteiger partial charge in [-0.1, -0.05) is 12.1 Å². The topological polar surface area (TPSA) is 70.3 Å². The van der Waals surface area contributed by atoms with Gasteiger partial charge in [0.05, 0.1) is 5.69 Å². The number of hydrogen-bond acceptors (Lipinski definition) is 6. The fourth-order valence-electron chi connectivity index (χ4n) is 3.94. The highest BCUT2D eigenvalue weighted by atomic mass is 15.3. The lowest BCUT2D eigenvalue weighted by Crippen LogP contribution is -2.40. The van der Waals surface area contributed by atoms with Gasteiger partial charge in [-0.25, -0.2) is 4.98 Å². The molecule has 3 heterocycles. The van der Waals surface area contributed by atoms with E-state index in [0.717, 1.165) is 42.4 Å². The lowest BCUT2D eigenvalue weighted by atomic mass is 9.94. The van der Waals surface area contributed by atoms with Gasteiger partial charge in [-0.3, -0.25) is 0 Å². The number of nitrogen functional groups attached to an aromatic ring is 1. The summed E-state index contributed by atoms with van der Waals surface area (Å²) >= 11 is 0. The highest BCUT2D eigenvalue weighted by Crippen LogP contribution is 2.31. The molecule has 0 radical (unpaired) electrons. The van der Waals surface area contributed by atoms with Crippen molar-refractivity contribution in [3.8, 4) is 11.3 Å². The van der Waals surface area contributed by atoms with E-state index in [1.165, 1.54) is 12.8 Å². The van der Waals surface area contributed by atoms with E-state index in [1.807, 2.05) is 14.1 Å². The predicted molar refractivity (Wildman–Crippen MR) is 103 cm³/mol. The molecule has 3 N–H and O–H groups in total. The molecule has 2 fully saturated rings. The second kappa shape index (κ2) is 6.52. The second-order valence-corrected chi connectivity index (χ2v) is 7.28. The van der Waals surface area contributed by atoms with Crippen LogP contribution >= 0.6 is 0 Å². The Hall–Kier alpha value is -2.34. The molecule has 2 atom stereocenters. The van der Waals surface area contributed by atoms with Crippen LogP contribution < -0.4 is 20.9 Å². The van der Waals surface area contributed by atoms with E-state index >= 15 is 0 Å². The van der Waals surface area contributed by atoms with Crippen molar-refractivity contribution >= 4 is 17.5 Å².